The Morgan fingerprint density at radius 2 is 1.95 bits per heavy atom. The summed E-state index contributed by atoms with van der Waals surface area (Å²) in [6, 6.07) is 0.687. The van der Waals surface area contributed by atoms with Crippen molar-refractivity contribution in [1.82, 2.24) is 19.4 Å². The molecule has 0 atom stereocenters. The molecule has 112 valence electrons. The molecular weight excluding hydrogens is 278 g/mol. The van der Waals surface area contributed by atoms with E-state index in [0.717, 1.165) is 18.8 Å². The van der Waals surface area contributed by atoms with Gasteiger partial charge in [-0.05, 0) is 19.8 Å². The summed E-state index contributed by atoms with van der Waals surface area (Å²) in [7, 11) is -3.53. The van der Waals surface area contributed by atoms with Gasteiger partial charge in [0.15, 0.2) is 5.03 Å². The Morgan fingerprint density at radius 3 is 2.50 bits per heavy atom. The Balaban J connectivity index is 1.78. The Morgan fingerprint density at radius 1 is 1.30 bits per heavy atom. The molecule has 2 fully saturated rings. The van der Waals surface area contributed by atoms with Crippen molar-refractivity contribution in [3.05, 3.63) is 11.3 Å². The van der Waals surface area contributed by atoms with Crippen LogP contribution in [-0.2, 0) is 16.6 Å². The number of hydrogen-bond acceptors (Lipinski definition) is 5. The molecule has 1 aromatic rings. The number of H-pyrrole nitrogens is 1. The van der Waals surface area contributed by atoms with Gasteiger partial charge < -0.3 is 5.73 Å². The van der Waals surface area contributed by atoms with Crippen molar-refractivity contribution in [2.45, 2.75) is 37.4 Å². The number of sulfonamides is 1. The minimum atomic E-state index is -3.53. The second-order valence-corrected chi connectivity index (χ2v) is 7.36. The van der Waals surface area contributed by atoms with Gasteiger partial charge in [-0.1, -0.05) is 0 Å². The maximum atomic E-state index is 12.6. The van der Waals surface area contributed by atoms with Crippen molar-refractivity contribution < 1.29 is 8.42 Å². The van der Waals surface area contributed by atoms with Crippen LogP contribution in [-0.4, -0.2) is 60.0 Å². The van der Waals surface area contributed by atoms with Crippen LogP contribution in [0.2, 0.25) is 0 Å². The summed E-state index contributed by atoms with van der Waals surface area (Å²) in [5, 5.41) is 6.77. The van der Waals surface area contributed by atoms with Crippen LogP contribution in [0.25, 0.3) is 0 Å². The Labute approximate surface area is 119 Å². The molecule has 0 aromatic carbocycles. The summed E-state index contributed by atoms with van der Waals surface area (Å²) in [4.78, 5) is 2.38. The van der Waals surface area contributed by atoms with E-state index in [1.807, 2.05) is 0 Å². The summed E-state index contributed by atoms with van der Waals surface area (Å²) in [5.74, 6) is 0. The number of nitrogens with one attached hydrogen (secondary N) is 1. The lowest BCUT2D eigenvalue weighted by atomic mass is 10.3. The lowest BCUT2D eigenvalue weighted by Gasteiger charge is -2.33. The zero-order chi connectivity index (χ0) is 14.3. The van der Waals surface area contributed by atoms with Crippen molar-refractivity contribution in [2.24, 2.45) is 5.73 Å². The minimum Gasteiger partial charge on any atom is -0.326 e. The quantitative estimate of drug-likeness (QED) is 0.792. The molecule has 3 N–H and O–H groups in total. The summed E-state index contributed by atoms with van der Waals surface area (Å²) in [5.41, 5.74) is 6.96. The van der Waals surface area contributed by atoms with Gasteiger partial charge in [0.25, 0.3) is 10.0 Å². The number of aromatic amines is 1. The smallest absolute Gasteiger partial charge is 0.262 e. The molecule has 0 radical (unpaired) electrons. The molecule has 20 heavy (non-hydrogen) atoms. The summed E-state index contributed by atoms with van der Waals surface area (Å²) < 4.78 is 26.8. The molecule has 1 saturated heterocycles. The average molecular weight is 299 g/mol. The molecule has 1 saturated carbocycles. The van der Waals surface area contributed by atoms with Crippen LogP contribution in [0.1, 0.15) is 24.1 Å². The van der Waals surface area contributed by atoms with E-state index in [0.29, 0.717) is 24.7 Å². The van der Waals surface area contributed by atoms with E-state index in [1.54, 1.807) is 6.92 Å². The van der Waals surface area contributed by atoms with Gasteiger partial charge in [-0.2, -0.15) is 9.40 Å². The first-order valence-electron chi connectivity index (χ1n) is 7.02. The highest BCUT2D eigenvalue weighted by atomic mass is 32.2. The van der Waals surface area contributed by atoms with Crippen LogP contribution in [0, 0.1) is 6.92 Å². The van der Waals surface area contributed by atoms with Crippen LogP contribution in [0.4, 0.5) is 0 Å². The van der Waals surface area contributed by atoms with Crippen molar-refractivity contribution in [2.75, 3.05) is 26.2 Å². The number of nitrogens with two attached hydrogens (primary N) is 1. The van der Waals surface area contributed by atoms with E-state index >= 15 is 0 Å². The number of aryl methyl sites for hydroxylation is 1. The number of piperazine rings is 1. The Kier molecular flexibility index (Phi) is 3.57. The van der Waals surface area contributed by atoms with Crippen molar-refractivity contribution in [3.63, 3.8) is 0 Å². The topological polar surface area (TPSA) is 95.3 Å². The molecule has 7 nitrogen and oxygen atoms in total. The number of aromatic nitrogens is 2. The molecule has 1 aliphatic heterocycles. The molecule has 0 unspecified atom stereocenters. The van der Waals surface area contributed by atoms with Crippen LogP contribution in [0.5, 0.6) is 0 Å². The first-order valence-corrected chi connectivity index (χ1v) is 8.46. The second kappa shape index (κ2) is 5.10. The van der Waals surface area contributed by atoms with Crippen molar-refractivity contribution >= 4 is 10.0 Å². The summed E-state index contributed by atoms with van der Waals surface area (Å²) in [6.45, 7) is 4.66. The second-order valence-electron chi connectivity index (χ2n) is 5.51. The maximum absolute atomic E-state index is 12.6. The van der Waals surface area contributed by atoms with Gasteiger partial charge in [0.05, 0.1) is 0 Å². The fraction of sp³-hybridized carbons (Fsp3) is 0.750. The van der Waals surface area contributed by atoms with E-state index in [4.69, 9.17) is 5.73 Å². The van der Waals surface area contributed by atoms with Crippen molar-refractivity contribution in [1.29, 1.82) is 0 Å². The molecular formula is C12H21N5O2S. The first kappa shape index (κ1) is 14.0. The minimum absolute atomic E-state index is 0.0948. The molecule has 8 heteroatoms. The number of hydrogen-bond donors (Lipinski definition) is 2. The highest BCUT2D eigenvalue weighted by Crippen LogP contribution is 2.29. The third-order valence-electron chi connectivity index (χ3n) is 4.16. The molecule has 1 aromatic heterocycles. The van der Waals surface area contributed by atoms with Gasteiger partial charge in [-0.25, -0.2) is 8.42 Å². The first-order chi connectivity index (χ1) is 9.54. The zero-order valence-electron chi connectivity index (χ0n) is 11.7. The van der Waals surface area contributed by atoms with E-state index in [9.17, 15) is 8.42 Å². The van der Waals surface area contributed by atoms with E-state index in [2.05, 4.69) is 15.1 Å². The summed E-state index contributed by atoms with van der Waals surface area (Å²) >= 11 is 0. The molecule has 2 aliphatic rings. The van der Waals surface area contributed by atoms with Crippen LogP contribution in [0.15, 0.2) is 5.03 Å². The maximum Gasteiger partial charge on any atom is 0.262 e. The summed E-state index contributed by atoms with van der Waals surface area (Å²) in [6.07, 6.45) is 2.51. The predicted molar refractivity (Wildman–Crippen MR) is 74.6 cm³/mol. The van der Waals surface area contributed by atoms with E-state index in [1.165, 1.54) is 17.1 Å². The lowest BCUT2D eigenvalue weighted by molar-refractivity contribution is 0.180. The van der Waals surface area contributed by atoms with Gasteiger partial charge in [-0.3, -0.25) is 10.00 Å². The molecule has 1 aliphatic carbocycles. The average Bonchev–Trinajstić information content (AvgIpc) is 3.22. The molecule has 0 amide bonds. The predicted octanol–water partition coefficient (Wildman–Crippen LogP) is -0.354. The molecule has 0 spiro atoms. The molecule has 0 bridgehead atoms. The van der Waals surface area contributed by atoms with E-state index < -0.39 is 10.0 Å². The van der Waals surface area contributed by atoms with Gasteiger partial charge in [0.2, 0.25) is 0 Å². The van der Waals surface area contributed by atoms with Gasteiger partial charge in [0.1, 0.15) is 0 Å². The fourth-order valence-corrected chi connectivity index (χ4v) is 4.35. The third kappa shape index (κ3) is 2.37. The number of rotatable bonds is 4. The van der Waals surface area contributed by atoms with Crippen LogP contribution < -0.4 is 5.73 Å². The van der Waals surface area contributed by atoms with Gasteiger partial charge >= 0.3 is 0 Å². The third-order valence-corrected chi connectivity index (χ3v) is 6.03. The lowest BCUT2D eigenvalue weighted by Crippen LogP contribution is -2.49. The largest absolute Gasteiger partial charge is 0.326 e. The van der Waals surface area contributed by atoms with Gasteiger partial charge in [-0.15, -0.1) is 0 Å². The Bertz CT molecular complexity index is 585. The normalized spacial score (nSPS) is 22.3. The number of nitrogens with zero attached hydrogens (tertiary/aromatic N) is 3. The highest BCUT2D eigenvalue weighted by Gasteiger charge is 2.36. The van der Waals surface area contributed by atoms with Crippen molar-refractivity contribution in [3.8, 4) is 0 Å². The SMILES string of the molecule is Cc1[nH]nc(S(=O)(=O)N2CCN(C3CC3)CC2)c1CN. The highest BCUT2D eigenvalue weighted by molar-refractivity contribution is 7.89. The Hall–Kier alpha value is -0.960. The molecule has 3 rings (SSSR count). The van der Waals surface area contributed by atoms with Crippen LogP contribution >= 0.6 is 0 Å². The standard InChI is InChI=1S/C12H21N5O2S/c1-9-11(8-13)12(15-14-9)20(18,19)17-6-4-16(5-7-17)10-2-3-10/h10H,2-8,13H2,1H3,(H,14,15). The molecule has 2 heterocycles. The van der Waals surface area contributed by atoms with Crippen LogP contribution in [0.3, 0.4) is 0 Å². The zero-order valence-corrected chi connectivity index (χ0v) is 12.5. The van der Waals surface area contributed by atoms with E-state index in [-0.39, 0.29) is 11.6 Å². The monoisotopic (exact) mass is 299 g/mol. The van der Waals surface area contributed by atoms with Gasteiger partial charge in [0, 0.05) is 50.0 Å². The fourth-order valence-electron chi connectivity index (χ4n) is 2.75.